The van der Waals surface area contributed by atoms with Gasteiger partial charge in [-0.3, -0.25) is 0 Å². The first-order valence-electron chi connectivity index (χ1n) is 3.55. The monoisotopic (exact) mass is 261 g/mol. The minimum Gasteiger partial charge on any atom is -0.444 e. The molecule has 5 heteroatoms. The summed E-state index contributed by atoms with van der Waals surface area (Å²) in [5.41, 5.74) is 0.698. The van der Waals surface area contributed by atoms with Crippen molar-refractivity contribution in [3.63, 3.8) is 0 Å². The number of furan rings is 1. The van der Waals surface area contributed by atoms with Gasteiger partial charge in [0.2, 0.25) is 0 Å². The summed E-state index contributed by atoms with van der Waals surface area (Å²) >= 11 is 8.76. The molecule has 0 aromatic carbocycles. The minimum atomic E-state index is 0.339. The van der Waals surface area contributed by atoms with Crippen molar-refractivity contribution < 1.29 is 8.83 Å². The first-order chi connectivity index (χ1) is 6.29. The predicted octanol–water partition coefficient (Wildman–Crippen LogP) is 3.44. The van der Waals surface area contributed by atoms with Gasteiger partial charge in [-0.1, -0.05) is 0 Å². The fourth-order valence-electron chi connectivity index (χ4n) is 0.911. The van der Waals surface area contributed by atoms with Crippen molar-refractivity contribution in [2.45, 2.75) is 5.88 Å². The van der Waals surface area contributed by atoms with E-state index in [0.29, 0.717) is 27.9 Å². The van der Waals surface area contributed by atoms with Gasteiger partial charge in [-0.15, -0.1) is 11.6 Å². The molecule has 2 heterocycles. The normalized spacial score (nSPS) is 10.6. The van der Waals surface area contributed by atoms with Crippen molar-refractivity contribution in [1.82, 2.24) is 4.98 Å². The molecule has 0 radical (unpaired) electrons. The van der Waals surface area contributed by atoms with Crippen LogP contribution >= 0.6 is 27.5 Å². The Labute approximate surface area is 87.8 Å². The molecule has 3 nitrogen and oxygen atoms in total. The smallest absolute Gasteiger partial charge is 0.263 e. The Balaban J connectivity index is 2.35. The van der Waals surface area contributed by atoms with Crippen molar-refractivity contribution in [1.29, 1.82) is 0 Å². The number of oxazole rings is 1. The molecule has 0 aliphatic carbocycles. The van der Waals surface area contributed by atoms with Crippen LogP contribution in [-0.2, 0) is 5.88 Å². The van der Waals surface area contributed by atoms with Crippen molar-refractivity contribution in [3.05, 3.63) is 28.8 Å². The molecule has 0 spiro atoms. The highest BCUT2D eigenvalue weighted by molar-refractivity contribution is 9.10. The summed E-state index contributed by atoms with van der Waals surface area (Å²) in [6, 6.07) is 3.55. The SMILES string of the molecule is ClCc1coc(-c2ccc(Br)o2)n1. The van der Waals surface area contributed by atoms with Crippen LogP contribution in [0, 0.1) is 0 Å². The van der Waals surface area contributed by atoms with Crippen molar-refractivity contribution in [2.24, 2.45) is 0 Å². The Hall–Kier alpha value is -0.740. The van der Waals surface area contributed by atoms with Gasteiger partial charge in [0.25, 0.3) is 5.89 Å². The second-order valence-electron chi connectivity index (χ2n) is 2.38. The minimum absolute atomic E-state index is 0.339. The molecule has 68 valence electrons. The lowest BCUT2D eigenvalue weighted by Gasteiger charge is -1.85. The van der Waals surface area contributed by atoms with Gasteiger partial charge in [-0.2, -0.15) is 0 Å². The van der Waals surface area contributed by atoms with Gasteiger partial charge in [-0.25, -0.2) is 4.98 Å². The second kappa shape index (κ2) is 3.55. The van der Waals surface area contributed by atoms with E-state index in [4.69, 9.17) is 20.4 Å². The summed E-state index contributed by atoms with van der Waals surface area (Å²) in [4.78, 5) is 4.10. The van der Waals surface area contributed by atoms with E-state index in [-0.39, 0.29) is 0 Å². The van der Waals surface area contributed by atoms with Gasteiger partial charge in [0.1, 0.15) is 6.26 Å². The second-order valence-corrected chi connectivity index (χ2v) is 3.43. The number of alkyl halides is 1. The van der Waals surface area contributed by atoms with Crippen LogP contribution < -0.4 is 0 Å². The van der Waals surface area contributed by atoms with Gasteiger partial charge < -0.3 is 8.83 Å². The van der Waals surface area contributed by atoms with Crippen LogP contribution in [0.4, 0.5) is 0 Å². The van der Waals surface area contributed by atoms with E-state index in [1.54, 1.807) is 12.1 Å². The summed E-state index contributed by atoms with van der Waals surface area (Å²) in [6.07, 6.45) is 1.51. The fourth-order valence-corrected chi connectivity index (χ4v) is 1.34. The quantitative estimate of drug-likeness (QED) is 0.778. The maximum Gasteiger partial charge on any atom is 0.263 e. The Morgan fingerprint density at radius 2 is 2.31 bits per heavy atom. The molecule has 0 aliphatic heterocycles. The zero-order valence-corrected chi connectivity index (χ0v) is 8.80. The first-order valence-corrected chi connectivity index (χ1v) is 4.88. The van der Waals surface area contributed by atoms with Gasteiger partial charge in [0, 0.05) is 0 Å². The molecule has 2 aromatic rings. The summed E-state index contributed by atoms with van der Waals surface area (Å²) in [7, 11) is 0. The lowest BCUT2D eigenvalue weighted by molar-refractivity contribution is 0.504. The third kappa shape index (κ3) is 1.78. The molecule has 0 aliphatic rings. The lowest BCUT2D eigenvalue weighted by atomic mass is 10.4. The maximum absolute atomic E-state index is 5.57. The number of aromatic nitrogens is 1. The number of hydrogen-bond donors (Lipinski definition) is 0. The predicted molar refractivity (Wildman–Crippen MR) is 51.5 cm³/mol. The molecule has 0 saturated carbocycles. The summed E-state index contributed by atoms with van der Waals surface area (Å²) in [5, 5.41) is 0. The highest BCUT2D eigenvalue weighted by Crippen LogP contribution is 2.24. The van der Waals surface area contributed by atoms with E-state index < -0.39 is 0 Å². The van der Waals surface area contributed by atoms with Crippen molar-refractivity contribution in [2.75, 3.05) is 0 Å². The average Bonchev–Trinajstić information content (AvgIpc) is 2.71. The molecule has 0 amide bonds. The Morgan fingerprint density at radius 1 is 1.46 bits per heavy atom. The van der Waals surface area contributed by atoms with Gasteiger partial charge in [0.05, 0.1) is 11.6 Å². The molecule has 0 atom stereocenters. The number of hydrogen-bond acceptors (Lipinski definition) is 3. The van der Waals surface area contributed by atoms with E-state index in [1.807, 2.05) is 0 Å². The molecule has 0 unspecified atom stereocenters. The van der Waals surface area contributed by atoms with Gasteiger partial charge >= 0.3 is 0 Å². The summed E-state index contributed by atoms with van der Waals surface area (Å²) < 4.78 is 11.0. The highest BCUT2D eigenvalue weighted by Gasteiger charge is 2.09. The third-order valence-electron chi connectivity index (χ3n) is 1.47. The number of nitrogens with zero attached hydrogens (tertiary/aromatic N) is 1. The van der Waals surface area contributed by atoms with Crippen LogP contribution in [0.25, 0.3) is 11.7 Å². The lowest BCUT2D eigenvalue weighted by Crippen LogP contribution is -1.76. The molecular weight excluding hydrogens is 257 g/mol. The van der Waals surface area contributed by atoms with Gasteiger partial charge in [-0.05, 0) is 28.1 Å². The fraction of sp³-hybridized carbons (Fsp3) is 0.125. The van der Waals surface area contributed by atoms with Crippen molar-refractivity contribution >= 4 is 27.5 Å². The summed E-state index contributed by atoms with van der Waals surface area (Å²) in [5.74, 6) is 1.37. The maximum atomic E-state index is 5.57. The van der Waals surface area contributed by atoms with Crippen LogP contribution in [0.5, 0.6) is 0 Å². The molecule has 2 aromatic heterocycles. The van der Waals surface area contributed by atoms with Crippen LogP contribution in [-0.4, -0.2) is 4.98 Å². The van der Waals surface area contributed by atoms with Gasteiger partial charge in [0.15, 0.2) is 10.4 Å². The van der Waals surface area contributed by atoms with Crippen LogP contribution in [0.1, 0.15) is 5.69 Å². The molecule has 0 bridgehead atoms. The topological polar surface area (TPSA) is 39.2 Å². The largest absolute Gasteiger partial charge is 0.444 e. The molecule has 0 fully saturated rings. The van der Waals surface area contributed by atoms with Crippen LogP contribution in [0.3, 0.4) is 0 Å². The van der Waals surface area contributed by atoms with E-state index in [9.17, 15) is 0 Å². The average molecular weight is 262 g/mol. The molecule has 0 N–H and O–H groups in total. The standard InChI is InChI=1S/C8H5BrClNO2/c9-7-2-1-6(13-7)8-11-5(3-10)4-12-8/h1-2,4H,3H2. The molecular formula is C8H5BrClNO2. The zero-order valence-electron chi connectivity index (χ0n) is 6.46. The molecule has 0 saturated heterocycles. The van der Waals surface area contributed by atoms with Crippen molar-refractivity contribution in [3.8, 4) is 11.7 Å². The Morgan fingerprint density at radius 3 is 2.85 bits per heavy atom. The van der Waals surface area contributed by atoms with Crippen LogP contribution in [0.2, 0.25) is 0 Å². The van der Waals surface area contributed by atoms with E-state index >= 15 is 0 Å². The van der Waals surface area contributed by atoms with Crippen LogP contribution in [0.15, 0.2) is 31.9 Å². The zero-order chi connectivity index (χ0) is 9.26. The molecule has 13 heavy (non-hydrogen) atoms. The first kappa shape index (κ1) is 8.84. The molecule has 2 rings (SSSR count). The van der Waals surface area contributed by atoms with E-state index in [1.165, 1.54) is 6.26 Å². The Kier molecular flexibility index (Phi) is 2.42. The Bertz CT molecular complexity index is 410. The number of rotatable bonds is 2. The third-order valence-corrected chi connectivity index (χ3v) is 2.17. The van der Waals surface area contributed by atoms with E-state index in [0.717, 1.165) is 0 Å². The summed E-state index contributed by atoms with van der Waals surface area (Å²) in [6.45, 7) is 0. The number of halogens is 2. The van der Waals surface area contributed by atoms with E-state index in [2.05, 4.69) is 20.9 Å². The highest BCUT2D eigenvalue weighted by atomic mass is 79.9.